The molecule has 17 heavy (non-hydrogen) atoms. The van der Waals surface area contributed by atoms with Crippen LogP contribution in [-0.2, 0) is 0 Å². The number of nitrogens with zero attached hydrogens (tertiary/aromatic N) is 3. The first-order chi connectivity index (χ1) is 8.22. The number of nitro groups is 1. The smallest absolute Gasteiger partial charge is 0.233 e. The third-order valence-corrected chi connectivity index (χ3v) is 2.55. The molecule has 6 heteroatoms. The Labute approximate surface area is 103 Å². The maximum atomic E-state index is 10.2. The zero-order valence-electron chi connectivity index (χ0n) is 10.5. The molecule has 0 aliphatic carbocycles. The van der Waals surface area contributed by atoms with E-state index in [1.807, 2.05) is 0 Å². The molecule has 0 fully saturated rings. The van der Waals surface area contributed by atoms with Crippen LogP contribution in [0.5, 0.6) is 0 Å². The van der Waals surface area contributed by atoms with Crippen molar-refractivity contribution in [3.05, 3.63) is 10.1 Å². The molecule has 0 aromatic rings. The fourth-order valence-corrected chi connectivity index (χ4v) is 1.57. The molecule has 0 heterocycles. The summed E-state index contributed by atoms with van der Waals surface area (Å²) in [6.45, 7) is 2.67. The molecule has 0 aliphatic rings. The van der Waals surface area contributed by atoms with Gasteiger partial charge < -0.3 is 0 Å². The van der Waals surface area contributed by atoms with E-state index in [-0.39, 0.29) is 0 Å². The van der Waals surface area contributed by atoms with Gasteiger partial charge in [0.25, 0.3) is 6.19 Å². The van der Waals surface area contributed by atoms with Gasteiger partial charge in [-0.05, 0) is 6.42 Å². The molecule has 0 amide bonds. The van der Waals surface area contributed by atoms with Crippen LogP contribution in [0.3, 0.4) is 0 Å². The van der Waals surface area contributed by atoms with E-state index < -0.39 is 5.03 Å². The van der Waals surface area contributed by atoms with E-state index in [0.29, 0.717) is 11.7 Å². The lowest BCUT2D eigenvalue weighted by Gasteiger charge is -2.06. The molecule has 0 bridgehead atoms. The minimum absolute atomic E-state index is 0.348. The molecule has 0 aliphatic heterocycles. The van der Waals surface area contributed by atoms with Crippen LogP contribution in [0, 0.1) is 21.6 Å². The van der Waals surface area contributed by atoms with Crippen LogP contribution in [0.25, 0.3) is 0 Å². The maximum absolute atomic E-state index is 10.2. The van der Waals surface area contributed by atoms with Crippen LogP contribution in [0.15, 0.2) is 0 Å². The second-order valence-corrected chi connectivity index (χ2v) is 4.03. The average molecular weight is 242 g/mol. The molecule has 0 aromatic heterocycles. The highest BCUT2D eigenvalue weighted by Crippen LogP contribution is 2.07. The summed E-state index contributed by atoms with van der Waals surface area (Å²) < 4.78 is 0. The summed E-state index contributed by atoms with van der Waals surface area (Å²) in [5.41, 5.74) is 2.45. The van der Waals surface area contributed by atoms with Crippen molar-refractivity contribution in [1.29, 1.82) is 5.26 Å². The highest BCUT2D eigenvalue weighted by atomic mass is 16.7. The van der Waals surface area contributed by atoms with Crippen LogP contribution in [-0.4, -0.2) is 16.7 Å². The van der Waals surface area contributed by atoms with Crippen LogP contribution in [0.1, 0.15) is 58.3 Å². The summed E-state index contributed by atoms with van der Waals surface area (Å²) in [7, 11) is 0. The second kappa shape index (κ2) is 11.1. The molecule has 0 atom stereocenters. The number of nitriles is 1. The Bertz CT molecular complexity index is 240. The molecular formula is C11H22N4O2. The Morgan fingerprint density at radius 2 is 1.71 bits per heavy atom. The van der Waals surface area contributed by atoms with Crippen molar-refractivity contribution in [2.75, 3.05) is 6.54 Å². The van der Waals surface area contributed by atoms with Crippen LogP contribution in [0.2, 0.25) is 0 Å². The number of nitrogens with one attached hydrogen (secondary N) is 1. The molecule has 98 valence electrons. The molecule has 0 saturated carbocycles. The van der Waals surface area contributed by atoms with E-state index in [4.69, 9.17) is 5.26 Å². The average Bonchev–Trinajstić information content (AvgIpc) is 2.31. The largest absolute Gasteiger partial charge is 0.266 e. The number of unbranched alkanes of at least 4 members (excludes halogenated alkanes) is 7. The fraction of sp³-hybridized carbons (Fsp3) is 0.909. The van der Waals surface area contributed by atoms with Crippen molar-refractivity contribution < 1.29 is 5.03 Å². The van der Waals surface area contributed by atoms with Gasteiger partial charge in [0.1, 0.15) is 0 Å². The monoisotopic (exact) mass is 242 g/mol. The summed E-state index contributed by atoms with van der Waals surface area (Å²) in [6.07, 6.45) is 10.9. The van der Waals surface area contributed by atoms with Crippen molar-refractivity contribution in [3.63, 3.8) is 0 Å². The molecule has 0 aromatic carbocycles. The Hall–Kier alpha value is -1.35. The first-order valence-corrected chi connectivity index (χ1v) is 6.30. The first-order valence-electron chi connectivity index (χ1n) is 6.30. The Morgan fingerprint density at radius 1 is 1.18 bits per heavy atom. The standard InChI is InChI=1S/C11H22N4O2/c1-2-3-4-5-6-7-8-9-10-13-14(11-12)15(16)17/h13H,2-10H2,1H3. The summed E-state index contributed by atoms with van der Waals surface area (Å²) in [5, 5.41) is 18.2. The van der Waals surface area contributed by atoms with Crippen molar-refractivity contribution in [2.45, 2.75) is 58.3 Å². The lowest BCUT2D eigenvalue weighted by molar-refractivity contribution is -0.650. The SMILES string of the molecule is CCCCCCCCCCNN(C#N)[N+](=O)[O-]. The number of hydrogen-bond acceptors (Lipinski definition) is 4. The Balaban J connectivity index is 3.24. The molecule has 0 unspecified atom stereocenters. The normalized spacial score (nSPS) is 9.88. The molecular weight excluding hydrogens is 220 g/mol. The Morgan fingerprint density at radius 3 is 2.18 bits per heavy atom. The van der Waals surface area contributed by atoms with Gasteiger partial charge in [0.05, 0.1) is 5.12 Å². The summed E-state index contributed by atoms with van der Waals surface area (Å²) in [5.74, 6) is 0. The van der Waals surface area contributed by atoms with Gasteiger partial charge >= 0.3 is 0 Å². The van der Waals surface area contributed by atoms with Crippen molar-refractivity contribution >= 4 is 0 Å². The third kappa shape index (κ3) is 9.57. The summed E-state index contributed by atoms with van der Waals surface area (Å²) >= 11 is 0. The van der Waals surface area contributed by atoms with Crippen LogP contribution < -0.4 is 5.43 Å². The zero-order valence-corrected chi connectivity index (χ0v) is 10.5. The maximum Gasteiger partial charge on any atom is 0.266 e. The van der Waals surface area contributed by atoms with Gasteiger partial charge in [0, 0.05) is 6.54 Å². The lowest BCUT2D eigenvalue weighted by Crippen LogP contribution is -2.38. The van der Waals surface area contributed by atoms with Gasteiger partial charge in [-0.1, -0.05) is 51.9 Å². The minimum atomic E-state index is -0.759. The summed E-state index contributed by atoms with van der Waals surface area (Å²) in [6, 6.07) is 0. The van der Waals surface area contributed by atoms with E-state index in [9.17, 15) is 10.1 Å². The molecule has 6 nitrogen and oxygen atoms in total. The van der Waals surface area contributed by atoms with Gasteiger partial charge in [-0.15, -0.1) is 0 Å². The minimum Gasteiger partial charge on any atom is -0.233 e. The fourth-order valence-electron chi connectivity index (χ4n) is 1.57. The van der Waals surface area contributed by atoms with E-state index >= 15 is 0 Å². The van der Waals surface area contributed by atoms with E-state index in [0.717, 1.165) is 19.3 Å². The summed E-state index contributed by atoms with van der Waals surface area (Å²) in [4.78, 5) is 10.2. The molecule has 0 spiro atoms. The third-order valence-electron chi connectivity index (χ3n) is 2.55. The van der Waals surface area contributed by atoms with Crippen LogP contribution in [0.4, 0.5) is 0 Å². The molecule has 0 radical (unpaired) electrons. The second-order valence-electron chi connectivity index (χ2n) is 4.03. The molecule has 0 rings (SSSR count). The van der Waals surface area contributed by atoms with Gasteiger partial charge in [-0.25, -0.2) is 10.1 Å². The van der Waals surface area contributed by atoms with Crippen molar-refractivity contribution in [2.24, 2.45) is 0 Å². The predicted molar refractivity (Wildman–Crippen MR) is 65.1 cm³/mol. The quantitative estimate of drug-likeness (QED) is 0.198. The lowest BCUT2D eigenvalue weighted by atomic mass is 10.1. The highest BCUT2D eigenvalue weighted by molar-refractivity contribution is 4.59. The predicted octanol–water partition coefficient (Wildman–Crippen LogP) is 2.61. The highest BCUT2D eigenvalue weighted by Gasteiger charge is 2.10. The van der Waals surface area contributed by atoms with Crippen LogP contribution >= 0.6 is 0 Å². The first kappa shape index (κ1) is 15.7. The van der Waals surface area contributed by atoms with Crippen molar-refractivity contribution in [3.8, 4) is 6.19 Å². The van der Waals surface area contributed by atoms with E-state index in [2.05, 4.69) is 12.3 Å². The molecule has 1 N–H and O–H groups in total. The Kier molecular flexibility index (Phi) is 10.3. The van der Waals surface area contributed by atoms with E-state index in [1.165, 1.54) is 38.3 Å². The number of hydrogen-bond donors (Lipinski definition) is 1. The van der Waals surface area contributed by atoms with Gasteiger partial charge in [0.2, 0.25) is 0 Å². The van der Waals surface area contributed by atoms with Gasteiger partial charge in [0.15, 0.2) is 5.03 Å². The topological polar surface area (TPSA) is 82.2 Å². The van der Waals surface area contributed by atoms with Gasteiger partial charge in [-0.2, -0.15) is 10.7 Å². The molecule has 0 saturated heterocycles. The van der Waals surface area contributed by atoms with E-state index in [1.54, 1.807) is 0 Å². The van der Waals surface area contributed by atoms with Crippen molar-refractivity contribution in [1.82, 2.24) is 10.5 Å². The zero-order chi connectivity index (χ0) is 12.9. The van der Waals surface area contributed by atoms with Gasteiger partial charge in [-0.3, -0.25) is 0 Å². The number of hydrazine groups is 2. The number of rotatable bonds is 11.